The van der Waals surface area contributed by atoms with E-state index in [4.69, 9.17) is 9.47 Å². The van der Waals surface area contributed by atoms with Gasteiger partial charge in [-0.15, -0.1) is 0 Å². The normalized spacial score (nSPS) is 16.3. The number of nitrogens with one attached hydrogen (secondary N) is 2. The highest BCUT2D eigenvalue weighted by Crippen LogP contribution is 2.29. The number of anilines is 3. The summed E-state index contributed by atoms with van der Waals surface area (Å²) in [5, 5.41) is 7.44. The van der Waals surface area contributed by atoms with Gasteiger partial charge in [-0.3, -0.25) is 0 Å². The summed E-state index contributed by atoms with van der Waals surface area (Å²) in [6.07, 6.45) is 6.11. The number of rotatable bonds is 7. The molecule has 3 aromatic rings. The molecule has 4 rings (SSSR count). The fourth-order valence-corrected chi connectivity index (χ4v) is 3.66. The molecule has 140 valence electrons. The fourth-order valence-electron chi connectivity index (χ4n) is 2.87. The number of thiazole rings is 1. The van der Waals surface area contributed by atoms with E-state index in [2.05, 4.69) is 25.6 Å². The van der Waals surface area contributed by atoms with Crippen LogP contribution in [-0.4, -0.2) is 41.3 Å². The lowest BCUT2D eigenvalue weighted by molar-refractivity contribution is 0.120. The van der Waals surface area contributed by atoms with Crippen molar-refractivity contribution in [3.63, 3.8) is 0 Å². The molecule has 0 aliphatic carbocycles. The van der Waals surface area contributed by atoms with Gasteiger partial charge in [0.1, 0.15) is 5.75 Å². The lowest BCUT2D eigenvalue weighted by Gasteiger charge is -2.09. The molecule has 3 heterocycles. The van der Waals surface area contributed by atoms with E-state index in [1.54, 1.807) is 24.6 Å². The van der Waals surface area contributed by atoms with E-state index in [1.165, 1.54) is 0 Å². The topological polar surface area (TPSA) is 81.2 Å². The van der Waals surface area contributed by atoms with E-state index >= 15 is 0 Å². The van der Waals surface area contributed by atoms with Crippen LogP contribution in [0.15, 0.2) is 42.7 Å². The fraction of sp³-hybridized carbons (Fsp3) is 0.316. The maximum Gasteiger partial charge on any atom is 0.227 e. The van der Waals surface area contributed by atoms with E-state index in [0.717, 1.165) is 53.1 Å². The van der Waals surface area contributed by atoms with Crippen molar-refractivity contribution in [2.45, 2.75) is 18.9 Å². The molecule has 2 aromatic heterocycles. The zero-order valence-corrected chi connectivity index (χ0v) is 15.8. The lowest BCUT2D eigenvalue weighted by atomic mass is 10.2. The van der Waals surface area contributed by atoms with E-state index in [1.807, 2.05) is 36.5 Å². The number of hydrogen-bond acceptors (Lipinski definition) is 8. The quantitative estimate of drug-likeness (QED) is 0.639. The van der Waals surface area contributed by atoms with Crippen LogP contribution >= 0.6 is 11.3 Å². The third kappa shape index (κ3) is 4.53. The third-order valence-electron chi connectivity index (χ3n) is 4.24. The summed E-state index contributed by atoms with van der Waals surface area (Å²) >= 11 is 1.57. The number of benzene rings is 1. The van der Waals surface area contributed by atoms with Crippen molar-refractivity contribution in [2.24, 2.45) is 0 Å². The zero-order valence-electron chi connectivity index (χ0n) is 15.0. The molecule has 1 unspecified atom stereocenters. The van der Waals surface area contributed by atoms with Gasteiger partial charge in [0.05, 0.1) is 23.8 Å². The summed E-state index contributed by atoms with van der Waals surface area (Å²) in [5.41, 5.74) is 1.70. The van der Waals surface area contributed by atoms with Gasteiger partial charge in [-0.2, -0.15) is 0 Å². The maximum atomic E-state index is 5.63. The van der Waals surface area contributed by atoms with Gasteiger partial charge in [-0.1, -0.05) is 17.4 Å². The molecule has 8 heteroatoms. The Morgan fingerprint density at radius 3 is 3.11 bits per heavy atom. The van der Waals surface area contributed by atoms with Crippen LogP contribution < -0.4 is 15.4 Å². The lowest BCUT2D eigenvalue weighted by Crippen LogP contribution is -2.18. The van der Waals surface area contributed by atoms with E-state index in [-0.39, 0.29) is 6.10 Å². The minimum atomic E-state index is 0.287. The van der Waals surface area contributed by atoms with Crippen molar-refractivity contribution in [1.29, 1.82) is 0 Å². The largest absolute Gasteiger partial charge is 0.497 e. The predicted octanol–water partition coefficient (Wildman–Crippen LogP) is 3.94. The molecule has 1 aliphatic rings. The summed E-state index contributed by atoms with van der Waals surface area (Å²) < 4.78 is 10.9. The number of ether oxygens (including phenoxy) is 2. The second-order valence-corrected chi connectivity index (χ2v) is 7.20. The van der Waals surface area contributed by atoms with Crippen LogP contribution in [0.5, 0.6) is 5.75 Å². The molecule has 0 bridgehead atoms. The SMILES string of the molecule is COc1cccc(Nc2nccc(-c3cnc(NCC4CCCO4)s3)n2)c1. The molecule has 1 atom stereocenters. The van der Waals surface area contributed by atoms with Crippen LogP contribution in [0.1, 0.15) is 12.8 Å². The maximum absolute atomic E-state index is 5.63. The van der Waals surface area contributed by atoms with Gasteiger partial charge in [-0.25, -0.2) is 15.0 Å². The van der Waals surface area contributed by atoms with Gasteiger partial charge in [-0.05, 0) is 31.0 Å². The Labute approximate surface area is 161 Å². The molecule has 0 spiro atoms. The standard InChI is InChI=1S/C19H21N5O2S/c1-25-14-5-2-4-13(10-14)23-18-20-8-7-16(24-18)17-12-22-19(27-17)21-11-15-6-3-9-26-15/h2,4-5,7-8,10,12,15H,3,6,9,11H2,1H3,(H,21,22)(H,20,23,24). The van der Waals surface area contributed by atoms with Crippen molar-refractivity contribution in [3.8, 4) is 16.3 Å². The Morgan fingerprint density at radius 1 is 1.30 bits per heavy atom. The van der Waals surface area contributed by atoms with Crippen molar-refractivity contribution in [3.05, 3.63) is 42.7 Å². The van der Waals surface area contributed by atoms with Gasteiger partial charge in [0.15, 0.2) is 5.13 Å². The highest BCUT2D eigenvalue weighted by Gasteiger charge is 2.16. The second-order valence-electron chi connectivity index (χ2n) is 6.17. The van der Waals surface area contributed by atoms with Crippen LogP contribution in [0.4, 0.5) is 16.8 Å². The Balaban J connectivity index is 1.44. The van der Waals surface area contributed by atoms with Gasteiger partial charge >= 0.3 is 0 Å². The summed E-state index contributed by atoms with van der Waals surface area (Å²) in [6.45, 7) is 1.65. The van der Waals surface area contributed by atoms with E-state index < -0.39 is 0 Å². The van der Waals surface area contributed by atoms with Crippen LogP contribution in [-0.2, 0) is 4.74 Å². The zero-order chi connectivity index (χ0) is 18.5. The first kappa shape index (κ1) is 17.7. The van der Waals surface area contributed by atoms with Gasteiger partial charge < -0.3 is 20.1 Å². The molecule has 0 saturated carbocycles. The Bertz CT molecular complexity index is 895. The second kappa shape index (κ2) is 8.32. The van der Waals surface area contributed by atoms with Crippen LogP contribution in [0.3, 0.4) is 0 Å². The predicted molar refractivity (Wildman–Crippen MR) is 107 cm³/mol. The van der Waals surface area contributed by atoms with Crippen LogP contribution in [0, 0.1) is 0 Å². The van der Waals surface area contributed by atoms with Crippen molar-refractivity contribution < 1.29 is 9.47 Å². The van der Waals surface area contributed by atoms with Gasteiger partial charge in [0.25, 0.3) is 0 Å². The molecule has 1 fully saturated rings. The minimum absolute atomic E-state index is 0.287. The molecular formula is C19H21N5O2S. The Morgan fingerprint density at radius 2 is 2.26 bits per heavy atom. The summed E-state index contributed by atoms with van der Waals surface area (Å²) in [7, 11) is 1.64. The molecule has 2 N–H and O–H groups in total. The summed E-state index contributed by atoms with van der Waals surface area (Å²) in [5.74, 6) is 1.31. The number of nitrogens with zero attached hydrogens (tertiary/aromatic N) is 3. The van der Waals surface area contributed by atoms with E-state index in [0.29, 0.717) is 5.95 Å². The average Bonchev–Trinajstić information content (AvgIpc) is 3.39. The van der Waals surface area contributed by atoms with Gasteiger partial charge in [0, 0.05) is 37.3 Å². The first-order chi connectivity index (χ1) is 13.3. The Hall–Kier alpha value is -2.71. The molecule has 27 heavy (non-hydrogen) atoms. The van der Waals surface area contributed by atoms with Crippen LogP contribution in [0.25, 0.3) is 10.6 Å². The monoisotopic (exact) mass is 383 g/mol. The molecule has 1 saturated heterocycles. The van der Waals surface area contributed by atoms with Crippen molar-refractivity contribution in [2.75, 3.05) is 30.9 Å². The number of hydrogen-bond donors (Lipinski definition) is 2. The highest BCUT2D eigenvalue weighted by molar-refractivity contribution is 7.18. The van der Waals surface area contributed by atoms with Crippen LogP contribution in [0.2, 0.25) is 0 Å². The first-order valence-corrected chi connectivity index (χ1v) is 9.67. The first-order valence-electron chi connectivity index (χ1n) is 8.86. The Kier molecular flexibility index (Phi) is 5.45. The molecule has 1 aliphatic heterocycles. The summed E-state index contributed by atoms with van der Waals surface area (Å²) in [4.78, 5) is 14.3. The molecule has 7 nitrogen and oxygen atoms in total. The highest BCUT2D eigenvalue weighted by atomic mass is 32.1. The molecular weight excluding hydrogens is 362 g/mol. The minimum Gasteiger partial charge on any atom is -0.497 e. The molecule has 0 amide bonds. The number of methoxy groups -OCH3 is 1. The number of aromatic nitrogens is 3. The van der Waals surface area contributed by atoms with Crippen molar-refractivity contribution >= 4 is 28.1 Å². The third-order valence-corrected chi connectivity index (χ3v) is 5.22. The smallest absolute Gasteiger partial charge is 0.227 e. The van der Waals surface area contributed by atoms with Crippen molar-refractivity contribution in [1.82, 2.24) is 15.0 Å². The summed E-state index contributed by atoms with van der Waals surface area (Å²) in [6, 6.07) is 9.54. The molecule has 1 aromatic carbocycles. The van der Waals surface area contributed by atoms with Gasteiger partial charge in [0.2, 0.25) is 5.95 Å². The molecule has 0 radical (unpaired) electrons. The average molecular weight is 383 g/mol. The van der Waals surface area contributed by atoms with E-state index in [9.17, 15) is 0 Å².